The van der Waals surface area contributed by atoms with Gasteiger partial charge in [-0.2, -0.15) is 5.26 Å². The Labute approximate surface area is 130 Å². The second kappa shape index (κ2) is 5.39. The first kappa shape index (κ1) is 14.5. The molecule has 0 N–H and O–H groups in total. The number of halogens is 1. The predicted octanol–water partition coefficient (Wildman–Crippen LogP) is 2.82. The van der Waals surface area contributed by atoms with Gasteiger partial charge in [0.25, 0.3) is 5.91 Å². The molecule has 2 heterocycles. The highest BCUT2D eigenvalue weighted by atomic mass is 32.1. The largest absolute Gasteiger partial charge is 0.497 e. The Morgan fingerprint density at radius 3 is 2.91 bits per heavy atom. The molecule has 0 fully saturated rings. The van der Waals surface area contributed by atoms with Crippen LogP contribution in [0.15, 0.2) is 17.5 Å². The molecule has 2 aromatic rings. The molecular weight excluding hydrogens is 305 g/mol. The van der Waals surface area contributed by atoms with E-state index < -0.39 is 17.8 Å². The Morgan fingerprint density at radius 2 is 2.32 bits per heavy atom. The van der Waals surface area contributed by atoms with Crippen LogP contribution in [0.3, 0.4) is 0 Å². The summed E-state index contributed by atoms with van der Waals surface area (Å²) in [6.45, 7) is 2.04. The molecule has 112 valence electrons. The van der Waals surface area contributed by atoms with Crippen LogP contribution in [0.5, 0.6) is 5.75 Å². The van der Waals surface area contributed by atoms with Gasteiger partial charge in [0.1, 0.15) is 22.6 Å². The van der Waals surface area contributed by atoms with Crippen molar-refractivity contribution in [1.29, 1.82) is 5.26 Å². The standard InChI is InChI=1S/C15H12FN3O2S/c1-8-7-22-13(18-8)6-19-12(5-17)10-3-9(21-2)4-11(16)14(10)15(19)20/h3-4,7,12H,6H2,1-2H3. The molecule has 0 radical (unpaired) electrons. The molecule has 1 amide bonds. The van der Waals surface area contributed by atoms with E-state index in [1.165, 1.54) is 29.4 Å². The monoisotopic (exact) mass is 317 g/mol. The van der Waals surface area contributed by atoms with E-state index in [0.717, 1.165) is 11.8 Å². The third kappa shape index (κ3) is 2.22. The lowest BCUT2D eigenvalue weighted by Crippen LogP contribution is -2.27. The second-order valence-electron chi connectivity index (χ2n) is 4.92. The Bertz CT molecular complexity index is 797. The van der Waals surface area contributed by atoms with Gasteiger partial charge in [-0.05, 0) is 13.0 Å². The van der Waals surface area contributed by atoms with Gasteiger partial charge in [-0.1, -0.05) is 0 Å². The number of nitriles is 1. The summed E-state index contributed by atoms with van der Waals surface area (Å²) in [6, 6.07) is 3.92. The number of thiazole rings is 1. The highest BCUT2D eigenvalue weighted by molar-refractivity contribution is 7.09. The fourth-order valence-electron chi connectivity index (χ4n) is 2.51. The van der Waals surface area contributed by atoms with Gasteiger partial charge < -0.3 is 9.64 Å². The van der Waals surface area contributed by atoms with Gasteiger partial charge in [-0.25, -0.2) is 9.37 Å². The number of rotatable bonds is 3. The Balaban J connectivity index is 2.02. The quantitative estimate of drug-likeness (QED) is 0.873. The zero-order valence-corrected chi connectivity index (χ0v) is 12.8. The first-order valence-electron chi connectivity index (χ1n) is 6.54. The van der Waals surface area contributed by atoms with E-state index in [9.17, 15) is 14.4 Å². The molecule has 7 heteroatoms. The Kier molecular flexibility index (Phi) is 3.54. The average Bonchev–Trinajstić information content (AvgIpc) is 3.01. The van der Waals surface area contributed by atoms with Crippen molar-refractivity contribution in [3.05, 3.63) is 45.2 Å². The van der Waals surface area contributed by atoms with Crippen molar-refractivity contribution in [1.82, 2.24) is 9.88 Å². The minimum atomic E-state index is -0.837. The van der Waals surface area contributed by atoms with E-state index >= 15 is 0 Å². The van der Waals surface area contributed by atoms with Crippen molar-refractivity contribution in [3.8, 4) is 11.8 Å². The van der Waals surface area contributed by atoms with Crippen LogP contribution in [0, 0.1) is 24.1 Å². The van der Waals surface area contributed by atoms with Gasteiger partial charge in [-0.3, -0.25) is 4.79 Å². The molecule has 1 aromatic carbocycles. The van der Waals surface area contributed by atoms with Crippen LogP contribution in [0.2, 0.25) is 0 Å². The fourth-order valence-corrected chi connectivity index (χ4v) is 3.28. The molecule has 0 saturated carbocycles. The number of methoxy groups -OCH3 is 1. The normalized spacial score (nSPS) is 16.5. The summed E-state index contributed by atoms with van der Waals surface area (Å²) in [5, 5.41) is 12.0. The third-order valence-electron chi connectivity index (χ3n) is 3.51. The average molecular weight is 317 g/mol. The molecule has 0 bridgehead atoms. The summed E-state index contributed by atoms with van der Waals surface area (Å²) < 4.78 is 19.2. The summed E-state index contributed by atoms with van der Waals surface area (Å²) in [4.78, 5) is 18.1. The highest BCUT2D eigenvalue weighted by Crippen LogP contribution is 2.38. The maximum atomic E-state index is 14.2. The molecule has 5 nitrogen and oxygen atoms in total. The van der Waals surface area contributed by atoms with Gasteiger partial charge in [0.05, 0.1) is 25.3 Å². The SMILES string of the molecule is COc1cc(F)c2c(c1)C(C#N)N(Cc1nc(C)cs1)C2=O. The molecule has 1 atom stereocenters. The van der Waals surface area contributed by atoms with E-state index in [0.29, 0.717) is 10.6 Å². The molecule has 1 aromatic heterocycles. The Hall–Kier alpha value is -2.46. The highest BCUT2D eigenvalue weighted by Gasteiger charge is 2.40. The minimum Gasteiger partial charge on any atom is -0.497 e. The second-order valence-corrected chi connectivity index (χ2v) is 5.86. The Morgan fingerprint density at radius 1 is 1.55 bits per heavy atom. The maximum Gasteiger partial charge on any atom is 0.258 e. The van der Waals surface area contributed by atoms with Crippen LogP contribution in [0.25, 0.3) is 0 Å². The molecule has 1 aliphatic rings. The van der Waals surface area contributed by atoms with Crippen LogP contribution in [-0.4, -0.2) is 22.9 Å². The smallest absolute Gasteiger partial charge is 0.258 e. The number of aryl methyl sites for hydroxylation is 1. The van der Waals surface area contributed by atoms with E-state index in [1.54, 1.807) is 0 Å². The zero-order chi connectivity index (χ0) is 15.9. The van der Waals surface area contributed by atoms with Crippen molar-refractivity contribution in [2.45, 2.75) is 19.5 Å². The number of carbonyl (C=O) groups is 1. The van der Waals surface area contributed by atoms with E-state index in [1.807, 2.05) is 12.3 Å². The number of hydrogen-bond donors (Lipinski definition) is 0. The number of fused-ring (bicyclic) bond motifs is 1. The van der Waals surface area contributed by atoms with Gasteiger partial charge in [0, 0.05) is 22.7 Å². The number of aromatic nitrogens is 1. The summed E-state index contributed by atoms with van der Waals surface area (Å²) >= 11 is 1.41. The van der Waals surface area contributed by atoms with E-state index in [4.69, 9.17) is 4.74 Å². The van der Waals surface area contributed by atoms with Gasteiger partial charge in [0.15, 0.2) is 0 Å². The lowest BCUT2D eigenvalue weighted by molar-refractivity contribution is 0.0741. The topological polar surface area (TPSA) is 66.2 Å². The lowest BCUT2D eigenvalue weighted by atomic mass is 10.0. The number of nitrogens with zero attached hydrogens (tertiary/aromatic N) is 3. The number of carbonyl (C=O) groups excluding carboxylic acids is 1. The van der Waals surface area contributed by atoms with Crippen LogP contribution >= 0.6 is 11.3 Å². The predicted molar refractivity (Wildman–Crippen MR) is 78.0 cm³/mol. The molecule has 3 rings (SSSR count). The van der Waals surface area contributed by atoms with Crippen LogP contribution in [-0.2, 0) is 6.54 Å². The van der Waals surface area contributed by atoms with Crippen LogP contribution in [0.4, 0.5) is 4.39 Å². The molecule has 1 aliphatic heterocycles. The summed E-state index contributed by atoms with van der Waals surface area (Å²) in [6.07, 6.45) is 0. The first-order chi connectivity index (χ1) is 10.5. The van der Waals surface area contributed by atoms with Crippen molar-refractivity contribution in [2.24, 2.45) is 0 Å². The fraction of sp³-hybridized carbons (Fsp3) is 0.267. The molecule has 0 aliphatic carbocycles. The van der Waals surface area contributed by atoms with Crippen LogP contribution in [0.1, 0.15) is 32.7 Å². The van der Waals surface area contributed by atoms with E-state index in [2.05, 4.69) is 11.1 Å². The molecule has 0 saturated heterocycles. The summed E-state index contributed by atoms with van der Waals surface area (Å²) in [5.74, 6) is -0.872. The van der Waals surface area contributed by atoms with Crippen molar-refractivity contribution in [2.75, 3.05) is 7.11 Å². The van der Waals surface area contributed by atoms with E-state index in [-0.39, 0.29) is 17.9 Å². The molecule has 0 spiro atoms. The first-order valence-corrected chi connectivity index (χ1v) is 7.42. The lowest BCUT2D eigenvalue weighted by Gasteiger charge is -2.18. The van der Waals surface area contributed by atoms with Crippen LogP contribution < -0.4 is 4.74 Å². The number of ether oxygens (including phenoxy) is 1. The van der Waals surface area contributed by atoms with Crippen molar-refractivity contribution in [3.63, 3.8) is 0 Å². The summed E-state index contributed by atoms with van der Waals surface area (Å²) in [5.41, 5.74) is 1.14. The number of amides is 1. The third-order valence-corrected chi connectivity index (χ3v) is 4.46. The maximum absolute atomic E-state index is 14.2. The number of hydrogen-bond acceptors (Lipinski definition) is 5. The van der Waals surface area contributed by atoms with Crippen molar-refractivity contribution >= 4 is 17.2 Å². The molecule has 22 heavy (non-hydrogen) atoms. The van der Waals surface area contributed by atoms with Gasteiger partial charge in [-0.15, -0.1) is 11.3 Å². The van der Waals surface area contributed by atoms with Gasteiger partial charge >= 0.3 is 0 Å². The number of benzene rings is 1. The van der Waals surface area contributed by atoms with Crippen molar-refractivity contribution < 1.29 is 13.9 Å². The minimum absolute atomic E-state index is 0.0550. The summed E-state index contributed by atoms with van der Waals surface area (Å²) in [7, 11) is 1.41. The zero-order valence-electron chi connectivity index (χ0n) is 12.0. The van der Waals surface area contributed by atoms with Gasteiger partial charge in [0.2, 0.25) is 0 Å². The molecule has 1 unspecified atom stereocenters. The molecular formula is C15H12FN3O2S.